The van der Waals surface area contributed by atoms with Crippen molar-refractivity contribution in [3.05, 3.63) is 59.7 Å². The van der Waals surface area contributed by atoms with E-state index in [2.05, 4.69) is 5.32 Å². The number of ether oxygens (including phenoxy) is 4. The van der Waals surface area contributed by atoms with Crippen LogP contribution in [-0.2, 0) is 27.3 Å². The molecule has 6 heteroatoms. The summed E-state index contributed by atoms with van der Waals surface area (Å²) >= 11 is 0. The molecule has 1 amide bonds. The Labute approximate surface area is 173 Å². The van der Waals surface area contributed by atoms with Crippen LogP contribution in [0.3, 0.4) is 0 Å². The molecule has 29 heavy (non-hydrogen) atoms. The van der Waals surface area contributed by atoms with E-state index >= 15 is 0 Å². The van der Waals surface area contributed by atoms with Crippen molar-refractivity contribution in [1.82, 2.24) is 5.32 Å². The molecular weight excluding hydrogens is 370 g/mol. The Morgan fingerprint density at radius 2 is 1.76 bits per heavy atom. The molecule has 2 aromatic rings. The zero-order valence-corrected chi connectivity index (χ0v) is 17.6. The monoisotopic (exact) mass is 401 g/mol. The summed E-state index contributed by atoms with van der Waals surface area (Å²) in [6.45, 7) is 5.08. The fourth-order valence-electron chi connectivity index (χ4n) is 2.77. The lowest BCUT2D eigenvalue weighted by atomic mass is 10.1. The van der Waals surface area contributed by atoms with Crippen molar-refractivity contribution in [2.45, 2.75) is 39.1 Å². The molecule has 0 bridgehead atoms. The van der Waals surface area contributed by atoms with Crippen LogP contribution in [0, 0.1) is 0 Å². The maximum atomic E-state index is 12.3. The quantitative estimate of drug-likeness (QED) is 0.591. The molecule has 0 unspecified atom stereocenters. The molecule has 2 aromatic carbocycles. The van der Waals surface area contributed by atoms with Crippen molar-refractivity contribution >= 4 is 5.91 Å². The van der Waals surface area contributed by atoms with Crippen LogP contribution in [0.4, 0.5) is 0 Å². The number of carbonyl (C=O) groups is 1. The van der Waals surface area contributed by atoms with Gasteiger partial charge in [0.05, 0.1) is 26.4 Å². The van der Waals surface area contributed by atoms with Gasteiger partial charge >= 0.3 is 0 Å². The van der Waals surface area contributed by atoms with Crippen molar-refractivity contribution in [1.29, 1.82) is 0 Å². The van der Waals surface area contributed by atoms with Gasteiger partial charge in [-0.05, 0) is 43.5 Å². The molecular formula is C23H31NO5. The average molecular weight is 402 g/mol. The van der Waals surface area contributed by atoms with Crippen LogP contribution >= 0.6 is 0 Å². The van der Waals surface area contributed by atoms with Gasteiger partial charge in [-0.2, -0.15) is 0 Å². The van der Waals surface area contributed by atoms with E-state index in [9.17, 15) is 4.79 Å². The first-order valence-corrected chi connectivity index (χ1v) is 9.79. The van der Waals surface area contributed by atoms with Gasteiger partial charge in [0.25, 0.3) is 5.91 Å². The zero-order chi connectivity index (χ0) is 21.1. The summed E-state index contributed by atoms with van der Waals surface area (Å²) < 4.78 is 22.0. The van der Waals surface area contributed by atoms with Gasteiger partial charge in [-0.15, -0.1) is 0 Å². The van der Waals surface area contributed by atoms with Crippen molar-refractivity contribution in [3.63, 3.8) is 0 Å². The largest absolute Gasteiger partial charge is 0.493 e. The standard InChI is InChI=1S/C23H31NO5/c1-17(2)29-20-11-10-18(14-21(20)26-3)12-13-24-23(25)22(27-4)16-28-15-19-8-6-5-7-9-19/h5-11,14,17,22H,12-13,15-16H2,1-4H3,(H,24,25)/t22-/m1/s1. The topological polar surface area (TPSA) is 66.0 Å². The third-order valence-electron chi connectivity index (χ3n) is 4.26. The molecule has 6 nitrogen and oxygen atoms in total. The highest BCUT2D eigenvalue weighted by Gasteiger charge is 2.17. The normalized spacial score (nSPS) is 11.9. The van der Waals surface area contributed by atoms with Crippen LogP contribution in [0.2, 0.25) is 0 Å². The minimum atomic E-state index is -0.643. The van der Waals surface area contributed by atoms with Crippen LogP contribution in [-0.4, -0.2) is 45.5 Å². The fraction of sp³-hybridized carbons (Fsp3) is 0.435. The Morgan fingerprint density at radius 1 is 1.00 bits per heavy atom. The summed E-state index contributed by atoms with van der Waals surface area (Å²) in [7, 11) is 3.13. The minimum absolute atomic E-state index is 0.0733. The molecule has 0 aromatic heterocycles. The Balaban J connectivity index is 1.78. The molecule has 0 aliphatic rings. The average Bonchev–Trinajstić information content (AvgIpc) is 2.72. The lowest BCUT2D eigenvalue weighted by Gasteiger charge is -2.16. The summed E-state index contributed by atoms with van der Waals surface area (Å²) in [5, 5.41) is 2.90. The Kier molecular flexibility index (Phi) is 9.47. The van der Waals surface area contributed by atoms with Crippen LogP contribution in [0.25, 0.3) is 0 Å². The van der Waals surface area contributed by atoms with E-state index in [0.717, 1.165) is 11.1 Å². The Hall–Kier alpha value is -2.57. The van der Waals surface area contributed by atoms with Crippen molar-refractivity contribution in [3.8, 4) is 11.5 Å². The number of methoxy groups -OCH3 is 2. The van der Waals surface area contributed by atoms with Crippen LogP contribution in [0.15, 0.2) is 48.5 Å². The summed E-state index contributed by atoms with van der Waals surface area (Å²) in [5.41, 5.74) is 2.11. The lowest BCUT2D eigenvalue weighted by Crippen LogP contribution is -2.39. The van der Waals surface area contributed by atoms with Gasteiger partial charge in [0.2, 0.25) is 0 Å². The number of amides is 1. The predicted octanol–water partition coefficient (Wildman–Crippen LogP) is 3.37. The van der Waals surface area contributed by atoms with Crippen LogP contribution in [0.5, 0.6) is 11.5 Å². The summed E-state index contributed by atoms with van der Waals surface area (Å²) in [4.78, 5) is 12.3. The van der Waals surface area contributed by atoms with E-state index < -0.39 is 6.10 Å². The molecule has 158 valence electrons. The first-order valence-electron chi connectivity index (χ1n) is 9.79. The van der Waals surface area contributed by atoms with Crippen LogP contribution < -0.4 is 14.8 Å². The first kappa shape index (κ1) is 22.7. The third kappa shape index (κ3) is 7.75. The van der Waals surface area contributed by atoms with Gasteiger partial charge in [-0.25, -0.2) is 0 Å². The van der Waals surface area contributed by atoms with E-state index in [4.69, 9.17) is 18.9 Å². The zero-order valence-electron chi connectivity index (χ0n) is 17.6. The molecule has 2 rings (SSSR count). The first-order chi connectivity index (χ1) is 14.0. The smallest absolute Gasteiger partial charge is 0.251 e. The van der Waals surface area contributed by atoms with Gasteiger partial charge in [-0.3, -0.25) is 4.79 Å². The van der Waals surface area contributed by atoms with Gasteiger partial charge in [0.1, 0.15) is 0 Å². The van der Waals surface area contributed by atoms with Gasteiger partial charge < -0.3 is 24.3 Å². The highest BCUT2D eigenvalue weighted by Crippen LogP contribution is 2.29. The van der Waals surface area contributed by atoms with Crippen molar-refractivity contribution < 1.29 is 23.7 Å². The number of rotatable bonds is 12. The Morgan fingerprint density at radius 3 is 2.41 bits per heavy atom. The second-order valence-electron chi connectivity index (χ2n) is 6.92. The molecule has 0 saturated carbocycles. The number of hydrogen-bond donors (Lipinski definition) is 1. The second-order valence-corrected chi connectivity index (χ2v) is 6.92. The van der Waals surface area contributed by atoms with E-state index in [-0.39, 0.29) is 18.6 Å². The molecule has 0 radical (unpaired) electrons. The Bertz CT molecular complexity index is 748. The molecule has 1 atom stereocenters. The van der Waals surface area contributed by atoms with E-state index in [1.54, 1.807) is 7.11 Å². The fourth-order valence-corrected chi connectivity index (χ4v) is 2.77. The highest BCUT2D eigenvalue weighted by atomic mass is 16.5. The molecule has 0 aliphatic carbocycles. The van der Waals surface area contributed by atoms with Crippen LogP contribution in [0.1, 0.15) is 25.0 Å². The summed E-state index contributed by atoms with van der Waals surface area (Å²) in [6, 6.07) is 15.6. The van der Waals surface area contributed by atoms with Crippen molar-refractivity contribution in [2.24, 2.45) is 0 Å². The van der Waals surface area contributed by atoms with Crippen molar-refractivity contribution in [2.75, 3.05) is 27.4 Å². The van der Waals surface area contributed by atoms with E-state index in [0.29, 0.717) is 31.1 Å². The molecule has 0 spiro atoms. The predicted molar refractivity (Wildman–Crippen MR) is 112 cm³/mol. The second kappa shape index (κ2) is 12.1. The molecule has 0 aliphatic heterocycles. The molecule has 1 N–H and O–H groups in total. The van der Waals surface area contributed by atoms with Gasteiger partial charge in [-0.1, -0.05) is 36.4 Å². The summed E-state index contributed by atoms with van der Waals surface area (Å²) in [6.07, 6.45) is 0.102. The van der Waals surface area contributed by atoms with E-state index in [1.807, 2.05) is 62.4 Å². The summed E-state index contributed by atoms with van der Waals surface area (Å²) in [5.74, 6) is 1.21. The maximum Gasteiger partial charge on any atom is 0.251 e. The number of nitrogens with one attached hydrogen (secondary N) is 1. The minimum Gasteiger partial charge on any atom is -0.493 e. The highest BCUT2D eigenvalue weighted by molar-refractivity contribution is 5.80. The third-order valence-corrected chi connectivity index (χ3v) is 4.26. The molecule has 0 saturated heterocycles. The molecule has 0 fully saturated rings. The van der Waals surface area contributed by atoms with E-state index in [1.165, 1.54) is 7.11 Å². The number of benzene rings is 2. The maximum absolute atomic E-state index is 12.3. The lowest BCUT2D eigenvalue weighted by molar-refractivity contribution is -0.135. The van der Waals surface area contributed by atoms with Gasteiger partial charge in [0.15, 0.2) is 17.6 Å². The van der Waals surface area contributed by atoms with Gasteiger partial charge in [0, 0.05) is 13.7 Å². The molecule has 0 heterocycles. The number of carbonyl (C=O) groups excluding carboxylic acids is 1. The number of hydrogen-bond acceptors (Lipinski definition) is 5. The SMILES string of the molecule is COc1cc(CCNC(=O)[C@@H](COCc2ccccc2)OC)ccc1OC(C)C.